The number of alkyl halides is 2. The lowest BCUT2D eigenvalue weighted by Crippen LogP contribution is -2.05. The van der Waals surface area contributed by atoms with Gasteiger partial charge in [-0.2, -0.15) is 8.78 Å². The molecule has 3 rings (SSSR count). The molecule has 0 aliphatic heterocycles. The fourth-order valence-electron chi connectivity index (χ4n) is 2.04. The van der Waals surface area contributed by atoms with E-state index in [0.29, 0.717) is 23.1 Å². The molecule has 1 saturated carbocycles. The third kappa shape index (κ3) is 2.68. The molecule has 0 radical (unpaired) electrons. The van der Waals surface area contributed by atoms with Gasteiger partial charge in [0.2, 0.25) is 0 Å². The Bertz CT molecular complexity index is 630. The Morgan fingerprint density at radius 1 is 1.20 bits per heavy atom. The lowest BCUT2D eigenvalue weighted by atomic mass is 10.1. The van der Waals surface area contributed by atoms with Gasteiger partial charge in [-0.1, -0.05) is 12.1 Å². The normalized spacial score (nSPS) is 14.6. The average Bonchev–Trinajstić information content (AvgIpc) is 3.22. The summed E-state index contributed by atoms with van der Waals surface area (Å²) < 4.78 is 29.4. The zero-order valence-corrected chi connectivity index (χ0v) is 10.6. The lowest BCUT2D eigenvalue weighted by molar-refractivity contribution is -0.0494. The second-order valence-electron chi connectivity index (χ2n) is 4.69. The number of rotatable bonds is 4. The van der Waals surface area contributed by atoms with Crippen molar-refractivity contribution in [2.45, 2.75) is 25.4 Å². The number of anilines is 1. The molecule has 0 atom stereocenters. The molecule has 4 nitrogen and oxygen atoms in total. The molecule has 1 heterocycles. The van der Waals surface area contributed by atoms with Crippen molar-refractivity contribution in [2.24, 2.45) is 0 Å². The van der Waals surface area contributed by atoms with E-state index < -0.39 is 6.61 Å². The molecule has 20 heavy (non-hydrogen) atoms. The number of para-hydroxylation sites is 1. The van der Waals surface area contributed by atoms with Crippen LogP contribution >= 0.6 is 0 Å². The van der Waals surface area contributed by atoms with Crippen LogP contribution in [0.5, 0.6) is 5.75 Å². The van der Waals surface area contributed by atoms with E-state index >= 15 is 0 Å². The summed E-state index contributed by atoms with van der Waals surface area (Å²) in [4.78, 5) is 8.54. The van der Waals surface area contributed by atoms with Gasteiger partial charge in [-0.25, -0.2) is 9.97 Å². The maximum Gasteiger partial charge on any atom is 0.387 e. The van der Waals surface area contributed by atoms with Crippen LogP contribution in [-0.4, -0.2) is 16.6 Å². The van der Waals surface area contributed by atoms with E-state index in [9.17, 15) is 8.78 Å². The molecule has 2 aromatic rings. The minimum atomic E-state index is -2.89. The SMILES string of the molecule is Nc1cc(C2CC2)nc(-c2ccccc2OC(F)F)n1. The Kier molecular flexibility index (Phi) is 3.22. The summed E-state index contributed by atoms with van der Waals surface area (Å²) in [5.74, 6) is 1.11. The molecule has 6 heteroatoms. The monoisotopic (exact) mass is 277 g/mol. The molecule has 104 valence electrons. The van der Waals surface area contributed by atoms with Crippen molar-refractivity contribution in [3.63, 3.8) is 0 Å². The number of nitrogen functional groups attached to an aromatic ring is 1. The van der Waals surface area contributed by atoms with Crippen molar-refractivity contribution >= 4 is 5.82 Å². The van der Waals surface area contributed by atoms with Crippen LogP contribution < -0.4 is 10.5 Å². The highest BCUT2D eigenvalue weighted by molar-refractivity contribution is 5.65. The van der Waals surface area contributed by atoms with E-state index in [1.165, 1.54) is 6.07 Å². The molecule has 1 aromatic carbocycles. The van der Waals surface area contributed by atoms with Crippen LogP contribution in [0, 0.1) is 0 Å². The van der Waals surface area contributed by atoms with Crippen LogP contribution in [0.1, 0.15) is 24.5 Å². The highest BCUT2D eigenvalue weighted by atomic mass is 19.3. The van der Waals surface area contributed by atoms with Gasteiger partial charge < -0.3 is 10.5 Å². The van der Waals surface area contributed by atoms with Crippen LogP contribution in [-0.2, 0) is 0 Å². The Morgan fingerprint density at radius 3 is 2.65 bits per heavy atom. The van der Waals surface area contributed by atoms with Gasteiger partial charge in [-0.05, 0) is 25.0 Å². The molecular weight excluding hydrogens is 264 g/mol. The Morgan fingerprint density at radius 2 is 1.95 bits per heavy atom. The van der Waals surface area contributed by atoms with Crippen LogP contribution in [0.4, 0.5) is 14.6 Å². The predicted molar refractivity (Wildman–Crippen MR) is 70.5 cm³/mol. The number of halogens is 2. The number of ether oxygens (including phenoxy) is 1. The van der Waals surface area contributed by atoms with Crippen LogP contribution in [0.15, 0.2) is 30.3 Å². The summed E-state index contributed by atoms with van der Waals surface area (Å²) in [6, 6.07) is 8.18. The van der Waals surface area contributed by atoms with Crippen molar-refractivity contribution in [3.8, 4) is 17.1 Å². The molecule has 0 unspecified atom stereocenters. The minimum Gasteiger partial charge on any atom is -0.434 e. The first-order valence-corrected chi connectivity index (χ1v) is 6.32. The minimum absolute atomic E-state index is 0.0508. The fraction of sp³-hybridized carbons (Fsp3) is 0.286. The molecule has 0 amide bonds. The summed E-state index contributed by atoms with van der Waals surface area (Å²) >= 11 is 0. The number of nitrogens with two attached hydrogens (primary N) is 1. The van der Waals surface area contributed by atoms with Gasteiger partial charge in [0.15, 0.2) is 5.82 Å². The molecule has 0 saturated heterocycles. The Balaban J connectivity index is 2.04. The zero-order chi connectivity index (χ0) is 14.1. The molecule has 1 fully saturated rings. The quantitative estimate of drug-likeness (QED) is 0.932. The molecule has 1 aromatic heterocycles. The van der Waals surface area contributed by atoms with Gasteiger partial charge in [0, 0.05) is 17.7 Å². The van der Waals surface area contributed by atoms with Gasteiger partial charge in [-0.3, -0.25) is 0 Å². The zero-order valence-electron chi connectivity index (χ0n) is 10.6. The summed E-state index contributed by atoms with van der Waals surface area (Å²) in [7, 11) is 0. The third-order valence-electron chi connectivity index (χ3n) is 3.11. The molecule has 1 aliphatic rings. The topological polar surface area (TPSA) is 61.0 Å². The molecule has 0 bridgehead atoms. The van der Waals surface area contributed by atoms with Gasteiger partial charge in [0.05, 0.1) is 5.56 Å². The van der Waals surface area contributed by atoms with E-state index in [-0.39, 0.29) is 5.75 Å². The van der Waals surface area contributed by atoms with Crippen molar-refractivity contribution in [1.29, 1.82) is 0 Å². The van der Waals surface area contributed by atoms with Gasteiger partial charge >= 0.3 is 6.61 Å². The maximum atomic E-state index is 12.4. The molecular formula is C14H13F2N3O. The molecule has 0 spiro atoms. The van der Waals surface area contributed by atoms with Gasteiger partial charge in [0.1, 0.15) is 11.6 Å². The standard InChI is InChI=1S/C14H13F2N3O/c15-14(16)20-11-4-2-1-3-9(11)13-18-10(8-5-6-8)7-12(17)19-13/h1-4,7-8,14H,5-6H2,(H2,17,18,19). The van der Waals surface area contributed by atoms with Crippen molar-refractivity contribution in [3.05, 3.63) is 36.0 Å². The fourth-order valence-corrected chi connectivity index (χ4v) is 2.04. The van der Waals surface area contributed by atoms with E-state index in [4.69, 9.17) is 5.73 Å². The second-order valence-corrected chi connectivity index (χ2v) is 4.69. The second kappa shape index (κ2) is 5.03. The number of hydrogen-bond acceptors (Lipinski definition) is 4. The number of aromatic nitrogens is 2. The van der Waals surface area contributed by atoms with Gasteiger partial charge in [-0.15, -0.1) is 0 Å². The molecule has 1 aliphatic carbocycles. The Labute approximate surface area is 114 Å². The smallest absolute Gasteiger partial charge is 0.387 e. The largest absolute Gasteiger partial charge is 0.434 e. The maximum absolute atomic E-state index is 12.4. The van der Waals surface area contributed by atoms with E-state index in [2.05, 4.69) is 14.7 Å². The first-order chi connectivity index (χ1) is 9.63. The number of benzene rings is 1. The average molecular weight is 277 g/mol. The van der Waals surface area contributed by atoms with E-state index in [1.54, 1.807) is 24.3 Å². The van der Waals surface area contributed by atoms with Crippen LogP contribution in [0.2, 0.25) is 0 Å². The lowest BCUT2D eigenvalue weighted by Gasteiger charge is -2.10. The summed E-state index contributed by atoms with van der Waals surface area (Å²) in [6.45, 7) is -2.89. The first kappa shape index (κ1) is 12.8. The summed E-state index contributed by atoms with van der Waals surface area (Å²) in [5.41, 5.74) is 7.05. The van der Waals surface area contributed by atoms with Gasteiger partial charge in [0.25, 0.3) is 0 Å². The molecule has 2 N–H and O–H groups in total. The van der Waals surface area contributed by atoms with Crippen molar-refractivity contribution < 1.29 is 13.5 Å². The van der Waals surface area contributed by atoms with E-state index in [0.717, 1.165) is 18.5 Å². The van der Waals surface area contributed by atoms with Crippen molar-refractivity contribution in [2.75, 3.05) is 5.73 Å². The highest BCUT2D eigenvalue weighted by Gasteiger charge is 2.26. The van der Waals surface area contributed by atoms with Crippen LogP contribution in [0.25, 0.3) is 11.4 Å². The highest BCUT2D eigenvalue weighted by Crippen LogP contribution is 2.40. The first-order valence-electron chi connectivity index (χ1n) is 6.32. The Hall–Kier alpha value is -2.24. The van der Waals surface area contributed by atoms with Crippen LogP contribution in [0.3, 0.4) is 0 Å². The number of hydrogen-bond donors (Lipinski definition) is 1. The number of nitrogens with zero attached hydrogens (tertiary/aromatic N) is 2. The van der Waals surface area contributed by atoms with Crippen molar-refractivity contribution in [1.82, 2.24) is 9.97 Å². The van der Waals surface area contributed by atoms with E-state index in [1.807, 2.05) is 0 Å². The predicted octanol–water partition coefficient (Wildman–Crippen LogP) is 3.20. The third-order valence-corrected chi connectivity index (χ3v) is 3.11. The summed E-state index contributed by atoms with van der Waals surface area (Å²) in [5, 5.41) is 0. The summed E-state index contributed by atoms with van der Waals surface area (Å²) in [6.07, 6.45) is 2.15.